The van der Waals surface area contributed by atoms with Crippen molar-refractivity contribution in [3.63, 3.8) is 0 Å². The zero-order chi connectivity index (χ0) is 16.1. The Balaban J connectivity index is 1.58. The lowest BCUT2D eigenvalue weighted by Crippen LogP contribution is -2.46. The van der Waals surface area contributed by atoms with Crippen LogP contribution in [0.25, 0.3) is 0 Å². The van der Waals surface area contributed by atoms with E-state index in [0.717, 1.165) is 12.8 Å². The van der Waals surface area contributed by atoms with Gasteiger partial charge in [-0.05, 0) is 37.1 Å². The summed E-state index contributed by atoms with van der Waals surface area (Å²) in [5.41, 5.74) is 0.678. The molecule has 6 nitrogen and oxygen atoms in total. The number of carbonyl (C=O) groups is 1. The van der Waals surface area contributed by atoms with Crippen molar-refractivity contribution in [3.8, 4) is 6.01 Å². The summed E-state index contributed by atoms with van der Waals surface area (Å²) < 4.78 is 5.74. The highest BCUT2D eigenvalue weighted by Gasteiger charge is 2.25. The zero-order valence-corrected chi connectivity index (χ0v) is 13.2. The molecule has 1 aromatic carbocycles. The summed E-state index contributed by atoms with van der Waals surface area (Å²) >= 11 is 5.93. The Morgan fingerprint density at radius 2 is 2.13 bits per heavy atom. The maximum atomic E-state index is 12.4. The number of carbonyl (C=O) groups excluding carboxylic acids is 1. The number of hydrogen-bond acceptors (Lipinski definition) is 4. The molecule has 1 atom stereocenters. The monoisotopic (exact) mass is 332 g/mol. The fourth-order valence-electron chi connectivity index (χ4n) is 2.48. The molecule has 2 aromatic rings. The molecule has 1 N–H and O–H groups in total. The number of halogens is 1. The lowest BCUT2D eigenvalue weighted by molar-refractivity contribution is 0.0983. The molecule has 0 radical (unpaired) electrons. The van der Waals surface area contributed by atoms with Gasteiger partial charge in [-0.3, -0.25) is 0 Å². The van der Waals surface area contributed by atoms with Crippen molar-refractivity contribution in [2.24, 2.45) is 0 Å². The van der Waals surface area contributed by atoms with Crippen LogP contribution in [-0.2, 0) is 0 Å². The van der Waals surface area contributed by atoms with E-state index < -0.39 is 0 Å². The quantitative estimate of drug-likeness (QED) is 0.937. The first-order chi connectivity index (χ1) is 11.2. The second-order valence-electron chi connectivity index (χ2n) is 5.30. The topological polar surface area (TPSA) is 67.4 Å². The Morgan fingerprint density at radius 1 is 1.30 bits per heavy atom. The third-order valence-corrected chi connectivity index (χ3v) is 3.79. The molecule has 3 rings (SSSR count). The summed E-state index contributed by atoms with van der Waals surface area (Å²) in [6, 6.07) is 9.01. The van der Waals surface area contributed by atoms with Crippen molar-refractivity contribution in [1.82, 2.24) is 14.9 Å². The number of nitrogens with one attached hydrogen (secondary N) is 1. The number of nitrogens with zero attached hydrogens (tertiary/aromatic N) is 3. The minimum Gasteiger partial charge on any atom is -0.458 e. The van der Waals surface area contributed by atoms with E-state index in [2.05, 4.69) is 15.3 Å². The van der Waals surface area contributed by atoms with Crippen LogP contribution in [0.1, 0.15) is 12.8 Å². The van der Waals surface area contributed by atoms with Gasteiger partial charge in [0.05, 0.1) is 6.54 Å². The fourth-order valence-corrected chi connectivity index (χ4v) is 2.67. The molecule has 0 bridgehead atoms. The van der Waals surface area contributed by atoms with Gasteiger partial charge in [0.2, 0.25) is 0 Å². The van der Waals surface area contributed by atoms with Crippen LogP contribution < -0.4 is 10.1 Å². The molecule has 2 amide bonds. The molecule has 2 heterocycles. The van der Waals surface area contributed by atoms with Crippen LogP contribution in [0.4, 0.5) is 10.5 Å². The summed E-state index contributed by atoms with van der Waals surface area (Å²) in [5.74, 6) is 0. The van der Waals surface area contributed by atoms with E-state index in [-0.39, 0.29) is 12.1 Å². The number of amides is 2. The van der Waals surface area contributed by atoms with Crippen molar-refractivity contribution in [2.75, 3.05) is 18.4 Å². The average Bonchev–Trinajstić information content (AvgIpc) is 2.56. The molecule has 7 heteroatoms. The van der Waals surface area contributed by atoms with Crippen molar-refractivity contribution >= 4 is 23.3 Å². The average molecular weight is 333 g/mol. The predicted octanol–water partition coefficient (Wildman–Crippen LogP) is 3.21. The van der Waals surface area contributed by atoms with Gasteiger partial charge in [0.15, 0.2) is 0 Å². The highest BCUT2D eigenvalue weighted by molar-refractivity contribution is 6.30. The molecule has 1 saturated heterocycles. The van der Waals surface area contributed by atoms with E-state index in [0.29, 0.717) is 29.8 Å². The van der Waals surface area contributed by atoms with Gasteiger partial charge in [-0.1, -0.05) is 17.7 Å². The normalized spacial score (nSPS) is 17.6. The van der Waals surface area contributed by atoms with Crippen molar-refractivity contribution in [2.45, 2.75) is 18.9 Å². The molecule has 0 aliphatic carbocycles. The van der Waals surface area contributed by atoms with E-state index in [1.165, 1.54) is 0 Å². The molecule has 1 unspecified atom stereocenters. The van der Waals surface area contributed by atoms with Gasteiger partial charge in [0, 0.05) is 29.6 Å². The third-order valence-electron chi connectivity index (χ3n) is 3.56. The Hall–Kier alpha value is -2.34. The minimum absolute atomic E-state index is 0.101. The van der Waals surface area contributed by atoms with Crippen LogP contribution in [0, 0.1) is 0 Å². The smallest absolute Gasteiger partial charge is 0.321 e. The van der Waals surface area contributed by atoms with E-state index in [1.54, 1.807) is 47.6 Å². The fraction of sp³-hybridized carbons (Fsp3) is 0.312. The van der Waals surface area contributed by atoms with Crippen LogP contribution in [-0.4, -0.2) is 40.1 Å². The molecular weight excluding hydrogens is 316 g/mol. The second kappa shape index (κ2) is 7.28. The third kappa shape index (κ3) is 4.32. The largest absolute Gasteiger partial charge is 0.458 e. The van der Waals surface area contributed by atoms with Gasteiger partial charge in [-0.25, -0.2) is 14.8 Å². The summed E-state index contributed by atoms with van der Waals surface area (Å²) in [4.78, 5) is 22.2. The number of urea groups is 1. The zero-order valence-electron chi connectivity index (χ0n) is 12.5. The van der Waals surface area contributed by atoms with Gasteiger partial charge in [-0.2, -0.15) is 0 Å². The van der Waals surface area contributed by atoms with Crippen LogP contribution in [0.3, 0.4) is 0 Å². The summed E-state index contributed by atoms with van der Waals surface area (Å²) in [6.45, 7) is 1.20. The number of ether oxygens (including phenoxy) is 1. The van der Waals surface area contributed by atoms with Gasteiger partial charge in [-0.15, -0.1) is 0 Å². The molecule has 1 aliphatic rings. The summed E-state index contributed by atoms with van der Waals surface area (Å²) in [7, 11) is 0. The molecule has 0 spiro atoms. The van der Waals surface area contributed by atoms with Gasteiger partial charge >= 0.3 is 12.0 Å². The van der Waals surface area contributed by atoms with Crippen LogP contribution in [0.15, 0.2) is 42.7 Å². The lowest BCUT2D eigenvalue weighted by atomic mass is 10.1. The number of benzene rings is 1. The highest BCUT2D eigenvalue weighted by Crippen LogP contribution is 2.18. The van der Waals surface area contributed by atoms with Crippen molar-refractivity contribution < 1.29 is 9.53 Å². The highest BCUT2D eigenvalue weighted by atomic mass is 35.5. The maximum Gasteiger partial charge on any atom is 0.321 e. The van der Waals surface area contributed by atoms with E-state index in [1.807, 2.05) is 0 Å². The Bertz CT molecular complexity index is 668. The van der Waals surface area contributed by atoms with Gasteiger partial charge in [0.1, 0.15) is 6.10 Å². The summed E-state index contributed by atoms with van der Waals surface area (Å²) in [5, 5.41) is 3.44. The number of likely N-dealkylation sites (tertiary alicyclic amines) is 1. The predicted molar refractivity (Wildman–Crippen MR) is 87.7 cm³/mol. The SMILES string of the molecule is O=C(Nc1cccc(Cl)c1)N1CCCC(Oc2ncccn2)C1. The maximum absolute atomic E-state index is 12.4. The number of piperidine rings is 1. The lowest BCUT2D eigenvalue weighted by Gasteiger charge is -2.32. The molecule has 1 aliphatic heterocycles. The van der Waals surface area contributed by atoms with E-state index in [9.17, 15) is 4.79 Å². The first-order valence-corrected chi connectivity index (χ1v) is 7.84. The number of hydrogen-bond donors (Lipinski definition) is 1. The molecule has 1 fully saturated rings. The van der Waals surface area contributed by atoms with Crippen molar-refractivity contribution in [1.29, 1.82) is 0 Å². The van der Waals surface area contributed by atoms with Crippen LogP contribution in [0.2, 0.25) is 5.02 Å². The minimum atomic E-state index is -0.158. The summed E-state index contributed by atoms with van der Waals surface area (Å²) in [6.07, 6.45) is 4.92. The Kier molecular flexibility index (Phi) is 4.92. The second-order valence-corrected chi connectivity index (χ2v) is 5.74. The molecule has 23 heavy (non-hydrogen) atoms. The first-order valence-electron chi connectivity index (χ1n) is 7.46. The van der Waals surface area contributed by atoms with Crippen LogP contribution in [0.5, 0.6) is 6.01 Å². The molecular formula is C16H17ClN4O2. The van der Waals surface area contributed by atoms with E-state index in [4.69, 9.17) is 16.3 Å². The standard InChI is InChI=1S/C16H17ClN4O2/c17-12-4-1-5-13(10-12)20-16(22)21-9-2-6-14(11-21)23-15-18-7-3-8-19-15/h1,3-5,7-8,10,14H,2,6,9,11H2,(H,20,22). The number of anilines is 1. The number of aromatic nitrogens is 2. The Morgan fingerprint density at radius 3 is 2.91 bits per heavy atom. The molecule has 120 valence electrons. The Labute approximate surface area is 139 Å². The first kappa shape index (κ1) is 15.6. The van der Waals surface area contributed by atoms with Gasteiger partial charge in [0.25, 0.3) is 0 Å². The number of rotatable bonds is 3. The van der Waals surface area contributed by atoms with Gasteiger partial charge < -0.3 is 15.0 Å². The van der Waals surface area contributed by atoms with Crippen LogP contribution >= 0.6 is 11.6 Å². The molecule has 1 aromatic heterocycles. The van der Waals surface area contributed by atoms with E-state index >= 15 is 0 Å². The van der Waals surface area contributed by atoms with Crippen molar-refractivity contribution in [3.05, 3.63) is 47.7 Å². The molecule has 0 saturated carbocycles.